The highest BCUT2D eigenvalue weighted by molar-refractivity contribution is 5.82. The normalized spacial score (nSPS) is 30.6. The molecule has 3 fully saturated rings. The number of amides is 3. The number of piperidine rings is 1. The van der Waals surface area contributed by atoms with E-state index in [1.165, 1.54) is 17.9 Å². The molecule has 0 aromatic carbocycles. The van der Waals surface area contributed by atoms with Crippen molar-refractivity contribution < 1.29 is 23.5 Å². The number of rotatable bonds is 5. The molecule has 8 nitrogen and oxygen atoms in total. The predicted molar refractivity (Wildman–Crippen MR) is 102 cm³/mol. The molecule has 0 bridgehead atoms. The van der Waals surface area contributed by atoms with Crippen LogP contribution in [-0.4, -0.2) is 67.0 Å². The zero-order chi connectivity index (χ0) is 20.7. The number of allylic oxidation sites excluding steroid dienone is 4. The van der Waals surface area contributed by atoms with Crippen LogP contribution in [0.25, 0.3) is 0 Å². The Balaban J connectivity index is 1.42. The summed E-state index contributed by atoms with van der Waals surface area (Å²) < 4.78 is 20.3. The number of hydrogen-bond donors (Lipinski definition) is 2. The van der Waals surface area contributed by atoms with Gasteiger partial charge in [0.1, 0.15) is 11.9 Å². The smallest absolute Gasteiger partial charge is 0.414 e. The van der Waals surface area contributed by atoms with Crippen LogP contribution in [-0.2, 0) is 14.3 Å². The van der Waals surface area contributed by atoms with Crippen LogP contribution in [0.4, 0.5) is 9.18 Å². The lowest BCUT2D eigenvalue weighted by Gasteiger charge is -2.24. The summed E-state index contributed by atoms with van der Waals surface area (Å²) >= 11 is 0. The summed E-state index contributed by atoms with van der Waals surface area (Å²) in [7, 11) is 1.64. The zero-order valence-electron chi connectivity index (χ0n) is 16.5. The second-order valence-corrected chi connectivity index (χ2v) is 7.90. The first kappa shape index (κ1) is 19.5. The van der Waals surface area contributed by atoms with Crippen molar-refractivity contribution in [2.75, 3.05) is 33.2 Å². The minimum atomic E-state index is -0.552. The summed E-state index contributed by atoms with van der Waals surface area (Å²) in [6.07, 6.45) is 4.32. The lowest BCUT2D eigenvalue weighted by atomic mass is 10.2. The van der Waals surface area contributed by atoms with Gasteiger partial charge in [-0.1, -0.05) is 6.08 Å². The standard InChI is InChI=1S/C20H25FN4O4/c1-11(26)23-7-13-8-25(20(28)29-13)12-4-3-5-17(16(21)6-12)24-9-14-15(10-24)18(14)19(27)22-2/h3-4,6,13-15,18H,5,7-10H2,1-2H3,(H,22,27)(H,23,26)/t13?,14-,15?,18?/m0/s1. The van der Waals surface area contributed by atoms with Crippen LogP contribution in [0.1, 0.15) is 13.3 Å². The summed E-state index contributed by atoms with van der Waals surface area (Å²) in [5.41, 5.74) is 1.02. The molecule has 1 saturated carbocycles. The van der Waals surface area contributed by atoms with Gasteiger partial charge < -0.3 is 20.3 Å². The Hall–Kier alpha value is -2.84. The molecule has 2 aliphatic heterocycles. The number of halogens is 1. The first-order valence-corrected chi connectivity index (χ1v) is 9.85. The van der Waals surface area contributed by atoms with E-state index in [0.29, 0.717) is 30.9 Å². The Kier molecular flexibility index (Phi) is 5.06. The summed E-state index contributed by atoms with van der Waals surface area (Å²) in [5, 5.41) is 5.31. The molecule has 0 aromatic heterocycles. The number of fused-ring (bicyclic) bond motifs is 1. The van der Waals surface area contributed by atoms with Crippen molar-refractivity contribution in [2.24, 2.45) is 17.8 Å². The van der Waals surface area contributed by atoms with Crippen molar-refractivity contribution in [3.63, 3.8) is 0 Å². The van der Waals surface area contributed by atoms with Gasteiger partial charge in [-0.25, -0.2) is 9.18 Å². The van der Waals surface area contributed by atoms with E-state index < -0.39 is 12.2 Å². The number of carbonyl (C=O) groups is 3. The monoisotopic (exact) mass is 404 g/mol. The van der Waals surface area contributed by atoms with Crippen LogP contribution in [0, 0.1) is 17.8 Å². The fourth-order valence-electron chi connectivity index (χ4n) is 4.50. The third kappa shape index (κ3) is 3.73. The van der Waals surface area contributed by atoms with E-state index in [4.69, 9.17) is 4.74 Å². The number of hydrogen-bond acceptors (Lipinski definition) is 5. The Morgan fingerprint density at radius 1 is 1.28 bits per heavy atom. The van der Waals surface area contributed by atoms with Gasteiger partial charge in [-0.05, 0) is 24.0 Å². The maximum atomic E-state index is 15.0. The van der Waals surface area contributed by atoms with Gasteiger partial charge in [0.05, 0.1) is 18.8 Å². The van der Waals surface area contributed by atoms with Gasteiger partial charge in [-0.3, -0.25) is 14.5 Å². The van der Waals surface area contributed by atoms with Crippen molar-refractivity contribution in [2.45, 2.75) is 19.4 Å². The fourth-order valence-corrected chi connectivity index (χ4v) is 4.50. The molecule has 4 aliphatic rings. The summed E-state index contributed by atoms with van der Waals surface area (Å²) in [4.78, 5) is 38.4. The molecule has 2 heterocycles. The van der Waals surface area contributed by atoms with E-state index >= 15 is 4.39 Å². The van der Waals surface area contributed by atoms with E-state index in [-0.39, 0.29) is 48.5 Å². The molecular formula is C20H25FN4O4. The molecule has 2 saturated heterocycles. The number of nitrogens with one attached hydrogen (secondary N) is 2. The van der Waals surface area contributed by atoms with Crippen molar-refractivity contribution in [3.05, 3.63) is 35.4 Å². The maximum absolute atomic E-state index is 15.0. The fraction of sp³-hybridized carbons (Fsp3) is 0.550. The number of likely N-dealkylation sites (tertiary alicyclic amines) is 1. The number of cyclic esters (lactones) is 1. The molecular weight excluding hydrogens is 379 g/mol. The molecule has 3 unspecified atom stereocenters. The molecule has 9 heteroatoms. The molecule has 0 spiro atoms. The molecule has 2 N–H and O–H groups in total. The van der Waals surface area contributed by atoms with Crippen LogP contribution >= 0.6 is 0 Å². The van der Waals surface area contributed by atoms with Gasteiger partial charge in [-0.2, -0.15) is 0 Å². The highest BCUT2D eigenvalue weighted by Crippen LogP contribution is 2.53. The number of ether oxygens (including phenoxy) is 1. The molecule has 0 radical (unpaired) electrons. The van der Waals surface area contributed by atoms with Gasteiger partial charge >= 0.3 is 6.09 Å². The van der Waals surface area contributed by atoms with Crippen molar-refractivity contribution in [3.8, 4) is 0 Å². The third-order valence-electron chi connectivity index (χ3n) is 6.04. The van der Waals surface area contributed by atoms with Gasteiger partial charge in [0, 0.05) is 45.1 Å². The van der Waals surface area contributed by atoms with Crippen LogP contribution in [0.15, 0.2) is 35.4 Å². The summed E-state index contributed by atoms with van der Waals surface area (Å²) in [6, 6.07) is 0. The average molecular weight is 404 g/mol. The summed E-state index contributed by atoms with van der Waals surface area (Å²) in [5.74, 6) is 0.114. The van der Waals surface area contributed by atoms with E-state index in [2.05, 4.69) is 10.6 Å². The lowest BCUT2D eigenvalue weighted by Crippen LogP contribution is -2.33. The Morgan fingerprint density at radius 3 is 2.66 bits per heavy atom. The first-order chi connectivity index (χ1) is 13.9. The van der Waals surface area contributed by atoms with Crippen LogP contribution in [0.3, 0.4) is 0 Å². The minimum absolute atomic E-state index is 0.0484. The number of carbonyl (C=O) groups excluding carboxylic acids is 3. The zero-order valence-corrected chi connectivity index (χ0v) is 16.5. The SMILES string of the molecule is CNC(=O)C1C2CN(C3=C(F)C=C(N4CC(CNC(C)=O)OC4=O)C=CC3)C[C@@H]21. The van der Waals surface area contributed by atoms with Gasteiger partial charge in [-0.15, -0.1) is 0 Å². The Labute approximate surface area is 168 Å². The molecule has 156 valence electrons. The van der Waals surface area contributed by atoms with Crippen molar-refractivity contribution in [1.29, 1.82) is 0 Å². The minimum Gasteiger partial charge on any atom is -0.442 e. The molecule has 4 rings (SSSR count). The van der Waals surface area contributed by atoms with E-state index in [1.807, 2.05) is 11.0 Å². The molecule has 3 amide bonds. The van der Waals surface area contributed by atoms with E-state index in [9.17, 15) is 14.4 Å². The van der Waals surface area contributed by atoms with Gasteiger partial charge in [0.25, 0.3) is 0 Å². The Bertz CT molecular complexity index is 824. The first-order valence-electron chi connectivity index (χ1n) is 9.85. The molecule has 0 aromatic rings. The average Bonchev–Trinajstić information content (AvgIpc) is 3.04. The third-order valence-corrected chi connectivity index (χ3v) is 6.04. The van der Waals surface area contributed by atoms with Crippen LogP contribution < -0.4 is 10.6 Å². The maximum Gasteiger partial charge on any atom is 0.414 e. The van der Waals surface area contributed by atoms with E-state index in [1.54, 1.807) is 13.1 Å². The molecule has 29 heavy (non-hydrogen) atoms. The van der Waals surface area contributed by atoms with Crippen molar-refractivity contribution in [1.82, 2.24) is 20.4 Å². The Morgan fingerprint density at radius 2 is 2.00 bits per heavy atom. The highest BCUT2D eigenvalue weighted by Gasteiger charge is 2.59. The largest absolute Gasteiger partial charge is 0.442 e. The predicted octanol–water partition coefficient (Wildman–Crippen LogP) is 0.892. The topological polar surface area (TPSA) is 91.0 Å². The van der Waals surface area contributed by atoms with Gasteiger partial charge in [0.2, 0.25) is 11.8 Å². The molecule has 4 atom stereocenters. The van der Waals surface area contributed by atoms with Crippen molar-refractivity contribution >= 4 is 17.9 Å². The van der Waals surface area contributed by atoms with Crippen LogP contribution in [0.2, 0.25) is 0 Å². The second-order valence-electron chi connectivity index (χ2n) is 7.90. The quantitative estimate of drug-likeness (QED) is 0.710. The lowest BCUT2D eigenvalue weighted by molar-refractivity contribution is -0.122. The van der Waals surface area contributed by atoms with E-state index in [0.717, 1.165) is 0 Å². The second kappa shape index (κ2) is 7.53. The molecule has 2 aliphatic carbocycles. The summed E-state index contributed by atoms with van der Waals surface area (Å²) in [6.45, 7) is 3.22. The number of nitrogens with zero attached hydrogens (tertiary/aromatic N) is 2. The highest BCUT2D eigenvalue weighted by atomic mass is 19.1. The van der Waals surface area contributed by atoms with Crippen LogP contribution in [0.5, 0.6) is 0 Å². The van der Waals surface area contributed by atoms with Gasteiger partial charge in [0.15, 0.2) is 0 Å².